The van der Waals surface area contributed by atoms with E-state index in [9.17, 15) is 0 Å². The van der Waals surface area contributed by atoms with Gasteiger partial charge >= 0.3 is 20.4 Å². The number of para-hydroxylation sites is 2. The first kappa shape index (κ1) is 37.8. The maximum absolute atomic E-state index is 9.00. The molecule has 254 valence electrons. The summed E-state index contributed by atoms with van der Waals surface area (Å²) in [6, 6.07) is 56.8. The van der Waals surface area contributed by atoms with E-state index in [-0.39, 0.29) is 20.4 Å². The Morgan fingerprint density at radius 2 is 1.02 bits per heavy atom. The van der Waals surface area contributed by atoms with Crippen molar-refractivity contribution in [1.82, 2.24) is 0 Å². The van der Waals surface area contributed by atoms with Crippen molar-refractivity contribution >= 4 is 47.0 Å². The molecule has 5 nitrogen and oxygen atoms in total. The molecule has 0 radical (unpaired) electrons. The van der Waals surface area contributed by atoms with Gasteiger partial charge in [0.1, 0.15) is 5.84 Å². The van der Waals surface area contributed by atoms with Gasteiger partial charge in [0.25, 0.3) is 5.97 Å². The van der Waals surface area contributed by atoms with Gasteiger partial charge in [0.15, 0.2) is 0 Å². The van der Waals surface area contributed by atoms with Gasteiger partial charge in [-0.25, -0.2) is 0 Å². The number of nitrogens with zero attached hydrogens (tertiary/aromatic N) is 3. The number of benzene rings is 6. The molecule has 1 aliphatic heterocycles. The second-order valence-electron chi connectivity index (χ2n) is 11.5. The monoisotopic (exact) mass is 768 g/mol. The fourth-order valence-electron chi connectivity index (χ4n) is 5.51. The van der Waals surface area contributed by atoms with Crippen LogP contribution in [0.5, 0.6) is 0 Å². The number of hydrogen-bond donors (Lipinski definition) is 1. The van der Waals surface area contributed by atoms with E-state index >= 15 is 0 Å². The average Bonchev–Trinajstić information content (AvgIpc) is 3.58. The van der Waals surface area contributed by atoms with Crippen molar-refractivity contribution in [1.29, 1.82) is 0 Å². The number of carboxylic acid groups (broad SMARTS) is 1. The zero-order valence-electron chi connectivity index (χ0n) is 28.4. The number of aryl methyl sites for hydroxylation is 2. The fraction of sp³-hybridized carbons (Fsp3) is 0.0698. The molecule has 6 aromatic rings. The smallest absolute Gasteiger partial charge is 0.481 e. The van der Waals surface area contributed by atoms with E-state index in [1.54, 1.807) is 0 Å². The molecule has 0 unspecified atom stereocenters. The number of carboxylic acids is 1. The maximum Gasteiger partial charge on any atom is 2.00 e. The Labute approximate surface area is 311 Å². The van der Waals surface area contributed by atoms with Crippen molar-refractivity contribution in [2.45, 2.75) is 20.8 Å². The van der Waals surface area contributed by atoms with Crippen molar-refractivity contribution in [2.24, 2.45) is 5.10 Å². The number of amidine groups is 1. The standard InChI is InChI=1S/C21H20P.C20H16N3.C2H4O2.Pd/c1-16-10-4-7-13-19(16)22(20-14-8-5-11-17(20)2)21-15-9-6-12-18(21)3;1-4-10-17(11-5-1)20-21-23(19-14-8-3-9-15-19)16-22(20)18-12-6-2-7-13-18;1-2(3)4;/h4-15H,1H2,2-3H3;1-16H;1H3,(H,3,4);/q2*-1;;+2/p+1. The molecule has 0 spiro atoms. The minimum Gasteiger partial charge on any atom is -0.481 e. The van der Waals surface area contributed by atoms with Crippen LogP contribution >= 0.6 is 7.92 Å². The fourth-order valence-corrected chi connectivity index (χ4v) is 8.53. The Bertz CT molecular complexity index is 1880. The summed E-state index contributed by atoms with van der Waals surface area (Å²) in [7, 11) is -1.03. The Kier molecular flexibility index (Phi) is 14.1. The normalized spacial score (nSPS) is 11.7. The van der Waals surface area contributed by atoms with Crippen molar-refractivity contribution in [3.63, 3.8) is 0 Å². The van der Waals surface area contributed by atoms with Crippen LogP contribution in [-0.4, -0.2) is 16.9 Å². The van der Waals surface area contributed by atoms with Crippen LogP contribution in [0, 0.1) is 27.4 Å². The Balaban J connectivity index is 0.000000200. The van der Waals surface area contributed by atoms with Gasteiger partial charge in [-0.1, -0.05) is 115 Å². The van der Waals surface area contributed by atoms with E-state index in [1.165, 1.54) is 27.0 Å². The number of anilines is 2. The van der Waals surface area contributed by atoms with Gasteiger partial charge in [-0.15, -0.1) is 12.7 Å². The molecule has 0 saturated heterocycles. The Hall–Kier alpha value is -4.98. The van der Waals surface area contributed by atoms with Gasteiger partial charge in [0, 0.05) is 29.2 Å². The molecule has 7 heteroatoms. The summed E-state index contributed by atoms with van der Waals surface area (Å²) in [5.41, 5.74) is 7.09. The predicted octanol–water partition coefficient (Wildman–Crippen LogP) is 8.56. The van der Waals surface area contributed by atoms with Crippen LogP contribution < -0.4 is 25.8 Å². The van der Waals surface area contributed by atoms with E-state index < -0.39 is 13.9 Å². The largest absolute Gasteiger partial charge is 2.00 e. The van der Waals surface area contributed by atoms with Crippen LogP contribution in [0.4, 0.5) is 11.4 Å². The molecule has 50 heavy (non-hydrogen) atoms. The van der Waals surface area contributed by atoms with Crippen LogP contribution in [0.2, 0.25) is 0 Å². The van der Waals surface area contributed by atoms with Crippen molar-refractivity contribution < 1.29 is 30.3 Å². The summed E-state index contributed by atoms with van der Waals surface area (Å²) in [6.07, 6.45) is 0. The molecule has 1 aliphatic rings. The molecule has 0 fully saturated rings. The number of rotatable bonds is 6. The van der Waals surface area contributed by atoms with E-state index in [2.05, 4.69) is 135 Å². The van der Waals surface area contributed by atoms with Crippen LogP contribution in [0.1, 0.15) is 29.2 Å². The quantitative estimate of drug-likeness (QED) is 0.105. The summed E-state index contributed by atoms with van der Waals surface area (Å²) in [4.78, 5) is 11.1. The minimum atomic E-state index is -1.03. The Morgan fingerprint density at radius 1 is 0.620 bits per heavy atom. The predicted molar refractivity (Wildman–Crippen MR) is 209 cm³/mol. The van der Waals surface area contributed by atoms with Crippen LogP contribution in [-0.2, 0) is 25.2 Å². The molecule has 0 aliphatic carbocycles. The third kappa shape index (κ3) is 9.81. The van der Waals surface area contributed by atoms with Gasteiger partial charge < -0.3 is 15.0 Å². The van der Waals surface area contributed by atoms with Crippen LogP contribution in [0.25, 0.3) is 0 Å². The molecule has 1 heterocycles. The summed E-state index contributed by atoms with van der Waals surface area (Å²) in [6.45, 7) is 11.8. The third-order valence-corrected chi connectivity index (χ3v) is 11.1. The first-order chi connectivity index (χ1) is 23.8. The topological polar surface area (TPSA) is 56.1 Å². The zero-order valence-corrected chi connectivity index (χ0v) is 30.9. The van der Waals surface area contributed by atoms with Gasteiger partial charge in [-0.2, -0.15) is 23.7 Å². The molecular weight excluding hydrogens is 728 g/mol. The third-order valence-electron chi connectivity index (χ3n) is 7.86. The Morgan fingerprint density at radius 3 is 1.50 bits per heavy atom. The number of hydrazone groups is 1. The number of aliphatic carboxylic acids is 1. The first-order valence-corrected chi connectivity index (χ1v) is 17.6. The molecule has 0 aromatic heterocycles. The number of hydrogen-bond acceptors (Lipinski definition) is 4. The second-order valence-corrected chi connectivity index (χ2v) is 13.8. The van der Waals surface area contributed by atoms with Crippen molar-refractivity contribution in [3.8, 4) is 0 Å². The minimum absolute atomic E-state index is 0. The maximum atomic E-state index is 9.00. The average molecular weight is 769 g/mol. The molecular formula is C43H41N3O2PPd+. The SMILES string of the molecule is CC(=O)O.[CH2-]c1ccccc1[PH+](c1ccccc1C)c1ccccc1C.[Pd+2].c1ccc(C2=NN(c3ccccc3)[CH-]N2c2ccccc2)cc1. The zero-order chi connectivity index (χ0) is 34.6. The van der Waals surface area contributed by atoms with E-state index in [1.807, 2.05) is 66.3 Å². The molecule has 0 atom stereocenters. The molecule has 0 saturated carbocycles. The van der Waals surface area contributed by atoms with E-state index in [0.29, 0.717) is 0 Å². The van der Waals surface area contributed by atoms with E-state index in [4.69, 9.17) is 15.0 Å². The summed E-state index contributed by atoms with van der Waals surface area (Å²) in [5, 5.41) is 18.4. The summed E-state index contributed by atoms with van der Waals surface area (Å²) in [5.74, 6) is 0.0839. The molecule has 0 amide bonds. The molecule has 1 N–H and O–H groups in total. The number of carbonyl (C=O) groups is 1. The second kappa shape index (κ2) is 18.7. The summed E-state index contributed by atoms with van der Waals surface area (Å²) >= 11 is 0. The van der Waals surface area contributed by atoms with E-state index in [0.717, 1.165) is 35.3 Å². The molecule has 0 bridgehead atoms. The van der Waals surface area contributed by atoms with Gasteiger partial charge in [0.2, 0.25) is 0 Å². The van der Waals surface area contributed by atoms with Crippen molar-refractivity contribution in [3.05, 3.63) is 200 Å². The van der Waals surface area contributed by atoms with Gasteiger partial charge in [-0.05, 0) is 61.4 Å². The summed E-state index contributed by atoms with van der Waals surface area (Å²) < 4.78 is 0. The van der Waals surface area contributed by atoms with Crippen molar-refractivity contribution in [2.75, 3.05) is 9.91 Å². The van der Waals surface area contributed by atoms with Gasteiger partial charge in [-0.3, -0.25) is 4.79 Å². The molecule has 7 rings (SSSR count). The molecule has 6 aromatic carbocycles. The van der Waals surface area contributed by atoms with Crippen LogP contribution in [0.15, 0.2) is 169 Å². The van der Waals surface area contributed by atoms with Gasteiger partial charge in [0.05, 0.1) is 18.5 Å². The van der Waals surface area contributed by atoms with Crippen LogP contribution in [0.3, 0.4) is 0 Å². The first-order valence-electron chi connectivity index (χ1n) is 16.1.